The molecule has 26 heteroatoms. The molecule has 0 spiro atoms. The van der Waals surface area contributed by atoms with Crippen LogP contribution in [-0.4, -0.2) is 299 Å². The van der Waals surface area contributed by atoms with E-state index in [9.17, 15) is 9.59 Å². The molecule has 2 aromatic carbocycles. The summed E-state index contributed by atoms with van der Waals surface area (Å²) in [7, 11) is 2.14. The fraction of sp³-hybridized carbons (Fsp3) is 0.727. The third kappa shape index (κ3) is 46.4. The van der Waals surface area contributed by atoms with E-state index in [1.54, 1.807) is 0 Å². The molecule has 0 radical (unpaired) electrons. The number of aryl methyl sites for hydroxylation is 1. The number of allylic oxidation sites excluding steroid dienone is 1. The molecule has 0 fully saturated rings. The summed E-state index contributed by atoms with van der Waals surface area (Å²) in [5.74, 6) is -1.72. The van der Waals surface area contributed by atoms with Gasteiger partial charge in [0.15, 0.2) is 5.71 Å². The molecule has 0 saturated carbocycles. The Balaban J connectivity index is 0.00000699. The average molecular weight is 1320 g/mol. The topological polar surface area (TPSA) is 265 Å². The van der Waals surface area contributed by atoms with E-state index in [0.29, 0.717) is 251 Å². The highest BCUT2D eigenvalue weighted by atomic mass is 16.6. The Labute approximate surface area is 546 Å². The lowest BCUT2D eigenvalue weighted by molar-refractivity contribution is -0.401. The lowest BCUT2D eigenvalue weighted by Gasteiger charge is -2.25. The monoisotopic (exact) mass is 1310 g/mol. The molecule has 26 nitrogen and oxygen atoms in total. The number of hydrogen-bond donors (Lipinski definition) is 0. The first-order chi connectivity index (χ1) is 44.8. The number of hydrogen-bond acceptors (Lipinski definition) is 25. The van der Waals surface area contributed by atoms with E-state index in [4.69, 9.17) is 105 Å². The van der Waals surface area contributed by atoms with Crippen LogP contribution < -0.4 is 10.0 Å². The minimum atomic E-state index is -1.08. The zero-order valence-corrected chi connectivity index (χ0v) is 56.2. The molecule has 0 aliphatic carbocycles. The molecular formula is C66H110N2O24. The molecule has 1 aliphatic heterocycles. The van der Waals surface area contributed by atoms with Gasteiger partial charge < -0.3 is 110 Å². The minimum absolute atomic E-state index is 0.0993. The van der Waals surface area contributed by atoms with Crippen LogP contribution in [0, 0.1) is 6.92 Å². The fourth-order valence-electron chi connectivity index (χ4n) is 8.44. The van der Waals surface area contributed by atoms with Crippen LogP contribution >= 0.6 is 0 Å². The van der Waals surface area contributed by atoms with Crippen molar-refractivity contribution >= 4 is 41.1 Å². The second kappa shape index (κ2) is 58.9. The minimum Gasteiger partial charge on any atom is -0.550 e. The van der Waals surface area contributed by atoms with Gasteiger partial charge in [-0.05, 0) is 57.0 Å². The molecular weight excluding hydrogens is 1200 g/mol. The van der Waals surface area contributed by atoms with E-state index in [0.717, 1.165) is 12.6 Å². The average Bonchev–Trinajstić information content (AvgIpc) is 1.61. The van der Waals surface area contributed by atoms with Crippen molar-refractivity contribution in [2.75, 3.05) is 276 Å². The summed E-state index contributed by atoms with van der Waals surface area (Å²) < 4.78 is 113. The summed E-state index contributed by atoms with van der Waals surface area (Å²) in [6, 6.07) is 15.2. The van der Waals surface area contributed by atoms with Gasteiger partial charge in [0.2, 0.25) is 5.69 Å². The van der Waals surface area contributed by atoms with Crippen LogP contribution in [-0.2, 0) is 115 Å². The van der Waals surface area contributed by atoms with Crippen molar-refractivity contribution in [3.05, 3.63) is 65.2 Å². The van der Waals surface area contributed by atoms with Crippen LogP contribution in [0.4, 0.5) is 11.4 Å². The first-order valence-corrected chi connectivity index (χ1v) is 31.9. The van der Waals surface area contributed by atoms with Gasteiger partial charge in [-0.1, -0.05) is 24.3 Å². The van der Waals surface area contributed by atoms with Gasteiger partial charge in [-0.15, -0.1) is 0 Å². The Hall–Kier alpha value is -4.66. The molecule has 0 unspecified atom stereocenters. The van der Waals surface area contributed by atoms with Crippen molar-refractivity contribution < 1.29 is 119 Å². The zero-order valence-electron chi connectivity index (χ0n) is 56.2. The smallest absolute Gasteiger partial charge is 0.302 e. The lowest BCUT2D eigenvalue weighted by Crippen LogP contribution is -2.31. The number of ether oxygens (including phenoxy) is 20. The van der Waals surface area contributed by atoms with Gasteiger partial charge in [-0.2, -0.15) is 4.58 Å². The second-order valence-corrected chi connectivity index (χ2v) is 20.6. The molecule has 3 rings (SSSR count). The quantitative estimate of drug-likeness (QED) is 0.0519. The van der Waals surface area contributed by atoms with Crippen molar-refractivity contribution in [3.8, 4) is 0 Å². The van der Waals surface area contributed by atoms with E-state index in [1.165, 1.54) is 41.9 Å². The highest BCUT2D eigenvalue weighted by molar-refractivity contribution is 6.05. The number of carbonyl (C=O) groups is 3. The van der Waals surface area contributed by atoms with E-state index < -0.39 is 5.97 Å². The Morgan fingerprint density at radius 1 is 0.402 bits per heavy atom. The third-order valence-corrected chi connectivity index (χ3v) is 13.0. The van der Waals surface area contributed by atoms with Crippen LogP contribution in [0.5, 0.6) is 0 Å². The number of esters is 2. The number of para-hydroxylation sites is 1. The van der Waals surface area contributed by atoms with Gasteiger partial charge >= 0.3 is 11.9 Å². The molecule has 0 N–H and O–H groups in total. The molecule has 0 amide bonds. The molecule has 1 aliphatic rings. The fourth-order valence-corrected chi connectivity index (χ4v) is 8.44. The largest absolute Gasteiger partial charge is 0.550 e. The lowest BCUT2D eigenvalue weighted by atomic mass is 9.81. The maximum Gasteiger partial charge on any atom is 0.302 e. The number of carboxylic acid groups (broad SMARTS) is 1. The Kier molecular flexibility index (Phi) is 53.4. The van der Waals surface area contributed by atoms with Gasteiger partial charge in [0.05, 0.1) is 243 Å². The number of carboxylic acids is 1. The number of fused-ring (bicyclic) bond motifs is 1. The number of benzene rings is 2. The first kappa shape index (κ1) is 83.4. The van der Waals surface area contributed by atoms with Crippen LogP contribution in [0.3, 0.4) is 0 Å². The van der Waals surface area contributed by atoms with Gasteiger partial charge in [-0.25, -0.2) is 0 Å². The SMILES string of the molecule is CC(=O)OCCOCCOCCOCCOCCOCCOCCOCCOCCOCCN(CCOCCOCCOCCOCCOCCOCCOCCOCCOCCOC(C)=O)c1ccc(/C=C/C2=[N+](C)c3ccccc3C2(C)C)c(C)c1.CC(=O)[O-]. The highest BCUT2D eigenvalue weighted by Crippen LogP contribution is 2.39. The van der Waals surface area contributed by atoms with Crippen molar-refractivity contribution in [1.82, 2.24) is 0 Å². The molecule has 528 valence electrons. The van der Waals surface area contributed by atoms with E-state index in [2.05, 4.69) is 91.9 Å². The predicted molar refractivity (Wildman–Crippen MR) is 341 cm³/mol. The number of aliphatic carboxylic acids is 1. The van der Waals surface area contributed by atoms with Gasteiger partial charge in [0.25, 0.3) is 0 Å². The molecule has 0 saturated heterocycles. The van der Waals surface area contributed by atoms with Crippen molar-refractivity contribution in [1.29, 1.82) is 0 Å². The second-order valence-electron chi connectivity index (χ2n) is 20.6. The Morgan fingerprint density at radius 3 is 0.924 bits per heavy atom. The van der Waals surface area contributed by atoms with Gasteiger partial charge in [0.1, 0.15) is 20.3 Å². The third-order valence-electron chi connectivity index (χ3n) is 13.0. The summed E-state index contributed by atoms with van der Waals surface area (Å²) in [4.78, 5) is 32.6. The maximum absolute atomic E-state index is 10.7. The summed E-state index contributed by atoms with van der Waals surface area (Å²) in [5.41, 5.74) is 7.19. The van der Waals surface area contributed by atoms with Crippen LogP contribution in [0.1, 0.15) is 51.3 Å². The zero-order chi connectivity index (χ0) is 66.6. The summed E-state index contributed by atoms with van der Waals surface area (Å²) in [5, 5.41) is 8.89. The number of anilines is 1. The predicted octanol–water partition coefficient (Wildman–Crippen LogP) is 3.70. The molecule has 92 heavy (non-hydrogen) atoms. The maximum atomic E-state index is 10.7. The van der Waals surface area contributed by atoms with Crippen molar-refractivity contribution in [2.45, 2.75) is 47.0 Å². The van der Waals surface area contributed by atoms with Crippen molar-refractivity contribution in [3.63, 3.8) is 0 Å². The van der Waals surface area contributed by atoms with E-state index in [-0.39, 0.29) is 30.6 Å². The molecule has 2 aromatic rings. The molecule has 1 heterocycles. The number of rotatable bonds is 63. The molecule has 0 bridgehead atoms. The highest BCUT2D eigenvalue weighted by Gasteiger charge is 2.42. The van der Waals surface area contributed by atoms with Crippen LogP contribution in [0.25, 0.3) is 6.08 Å². The number of carbonyl (C=O) groups excluding carboxylic acids is 3. The molecule has 0 atom stereocenters. The van der Waals surface area contributed by atoms with E-state index >= 15 is 0 Å². The normalized spacial score (nSPS) is 12.6. The van der Waals surface area contributed by atoms with Crippen LogP contribution in [0.15, 0.2) is 48.5 Å². The van der Waals surface area contributed by atoms with Gasteiger partial charge in [0, 0.05) is 56.3 Å². The first-order valence-electron chi connectivity index (χ1n) is 31.9. The summed E-state index contributed by atoms with van der Waals surface area (Å²) >= 11 is 0. The summed E-state index contributed by atoms with van der Waals surface area (Å²) in [6.07, 6.45) is 4.48. The van der Waals surface area contributed by atoms with Crippen molar-refractivity contribution in [2.24, 2.45) is 0 Å². The Morgan fingerprint density at radius 2 is 0.663 bits per heavy atom. The summed E-state index contributed by atoms with van der Waals surface area (Å²) in [6.45, 7) is 29.0. The van der Waals surface area contributed by atoms with Gasteiger partial charge in [-0.3, -0.25) is 9.59 Å². The Bertz CT molecular complexity index is 2110. The van der Waals surface area contributed by atoms with E-state index in [1.807, 2.05) is 0 Å². The number of nitrogens with zero attached hydrogens (tertiary/aromatic N) is 2. The molecule has 0 aromatic heterocycles. The standard InChI is InChI=1S/C64H107N2O22.C2H4O2/c1-56-55-60(13-11-59(56)12-14-63-64(4,5)61-9-7-8-10-62(61)65(63)6)66(15-17-69-19-21-71-23-25-73-27-29-75-31-33-77-35-37-79-39-41-81-43-45-83-47-49-85-51-53-87-57(2)67)16-18-70-20-22-72-24-26-74-28-30-76-32-34-78-36-38-80-40-42-82-44-46-84-48-50-86-52-54-88-58(3)68;1-2(3)4/h7-14,55H,15-54H2,1-6H3;1H3,(H,3,4)/q+1;/p-1. The van der Waals surface area contributed by atoms with Crippen LogP contribution in [0.2, 0.25) is 0 Å².